The normalized spacial score (nSPS) is 23.1. The SMILES string of the molecule is COc1cccc2c1C(=O)c1c(O)c3c(c(O)c1C2=O)C[C@@](O)(C(=O)CO)C[C@@H]3OC1CC(NC(=O)OCc2ccc(OC(=O)NC(CCC(=O)O)C(=O)O)cc2)C(O)C(C)O1. The molecule has 7 atom stereocenters. The second kappa shape index (κ2) is 18.1. The monoisotopic (exact) mass is 866 g/mol. The Hall–Kier alpha value is -6.65. The van der Waals surface area contributed by atoms with Crippen molar-refractivity contribution in [3.63, 3.8) is 0 Å². The summed E-state index contributed by atoms with van der Waals surface area (Å²) in [6, 6.07) is 7.11. The number of nitrogens with one attached hydrogen (secondary N) is 2. The van der Waals surface area contributed by atoms with Crippen molar-refractivity contribution in [2.75, 3.05) is 13.7 Å². The van der Waals surface area contributed by atoms with Crippen LogP contribution in [-0.4, -0.2) is 127 Å². The minimum atomic E-state index is -2.40. The van der Waals surface area contributed by atoms with Crippen LogP contribution < -0.4 is 20.1 Å². The molecule has 0 saturated carbocycles. The van der Waals surface area contributed by atoms with Gasteiger partial charge in [0.05, 0.1) is 42.0 Å². The molecule has 9 N–H and O–H groups in total. The van der Waals surface area contributed by atoms with E-state index < -0.39 is 132 Å². The van der Waals surface area contributed by atoms with E-state index in [1.807, 2.05) is 0 Å². The molecule has 1 saturated heterocycles. The van der Waals surface area contributed by atoms with Crippen molar-refractivity contribution in [3.8, 4) is 23.0 Å². The van der Waals surface area contributed by atoms with Gasteiger partial charge >= 0.3 is 24.1 Å². The number of alkyl carbamates (subject to hydrolysis) is 1. The van der Waals surface area contributed by atoms with Crippen molar-refractivity contribution in [1.29, 1.82) is 0 Å². The van der Waals surface area contributed by atoms with Crippen LogP contribution in [0.15, 0.2) is 42.5 Å². The Morgan fingerprint density at radius 2 is 1.65 bits per heavy atom. The molecule has 3 aromatic carbocycles. The summed E-state index contributed by atoms with van der Waals surface area (Å²) < 4.78 is 27.7. The summed E-state index contributed by atoms with van der Waals surface area (Å²) in [7, 11) is 1.28. The van der Waals surface area contributed by atoms with Crippen LogP contribution in [0.2, 0.25) is 0 Å². The fourth-order valence-corrected chi connectivity index (χ4v) is 7.66. The van der Waals surface area contributed by atoms with E-state index in [0.717, 1.165) is 0 Å². The number of aliphatic hydroxyl groups is 3. The highest BCUT2D eigenvalue weighted by Gasteiger charge is 2.50. The number of aliphatic hydroxyl groups excluding tert-OH is 2. The predicted molar refractivity (Wildman–Crippen MR) is 205 cm³/mol. The molecule has 1 fully saturated rings. The van der Waals surface area contributed by atoms with Crippen molar-refractivity contribution >= 4 is 41.5 Å². The molecule has 1 heterocycles. The number of amides is 2. The van der Waals surface area contributed by atoms with E-state index in [1.165, 1.54) is 56.5 Å². The molecule has 5 unspecified atom stereocenters. The summed E-state index contributed by atoms with van der Waals surface area (Å²) in [5.74, 6) is -7.07. The fourth-order valence-electron chi connectivity index (χ4n) is 7.66. The van der Waals surface area contributed by atoms with Crippen molar-refractivity contribution in [2.45, 2.75) is 87.9 Å². The topological polar surface area (TPSA) is 331 Å². The minimum Gasteiger partial charge on any atom is -0.507 e. The number of ketones is 3. The number of ether oxygens (including phenoxy) is 5. The van der Waals surface area contributed by atoms with Gasteiger partial charge in [0.15, 0.2) is 17.9 Å². The van der Waals surface area contributed by atoms with Crippen LogP contribution in [0.4, 0.5) is 9.59 Å². The highest BCUT2D eigenvalue weighted by molar-refractivity contribution is 6.31. The van der Waals surface area contributed by atoms with Gasteiger partial charge in [0.2, 0.25) is 5.78 Å². The summed E-state index contributed by atoms with van der Waals surface area (Å²) in [5.41, 5.74) is -3.99. The Morgan fingerprint density at radius 3 is 2.29 bits per heavy atom. The molecular formula is C41H42N2O19. The van der Waals surface area contributed by atoms with Crippen LogP contribution in [0.1, 0.15) is 87.2 Å². The van der Waals surface area contributed by atoms with Crippen LogP contribution in [0.3, 0.4) is 0 Å². The first-order valence-corrected chi connectivity index (χ1v) is 19.0. The Kier molecular flexibility index (Phi) is 13.1. The number of benzene rings is 3. The van der Waals surface area contributed by atoms with E-state index in [9.17, 15) is 64.2 Å². The number of Topliss-reactive ketones (excluding diaryl/α,β-unsaturated/α-hetero) is 1. The number of carbonyl (C=O) groups excluding carboxylic acids is 5. The summed E-state index contributed by atoms with van der Waals surface area (Å²) in [4.78, 5) is 87.9. The minimum absolute atomic E-state index is 0.0164. The molecule has 21 nitrogen and oxygen atoms in total. The molecule has 330 valence electrons. The number of hydrogen-bond acceptors (Lipinski definition) is 17. The van der Waals surface area contributed by atoms with Crippen LogP contribution in [-0.2, 0) is 41.6 Å². The maximum absolute atomic E-state index is 13.9. The number of hydrogen-bond donors (Lipinski definition) is 9. The second-order valence-electron chi connectivity index (χ2n) is 14.8. The summed E-state index contributed by atoms with van der Waals surface area (Å²) in [6.45, 7) is 0.0152. The molecule has 0 radical (unpaired) electrons. The van der Waals surface area contributed by atoms with E-state index in [2.05, 4.69) is 10.6 Å². The number of carboxylic acid groups (broad SMARTS) is 2. The lowest BCUT2D eigenvalue weighted by Crippen LogP contribution is -2.56. The maximum Gasteiger partial charge on any atom is 0.413 e. The van der Waals surface area contributed by atoms with Crippen LogP contribution >= 0.6 is 0 Å². The Labute approximate surface area is 350 Å². The lowest BCUT2D eigenvalue weighted by molar-refractivity contribution is -0.249. The van der Waals surface area contributed by atoms with E-state index in [-0.39, 0.29) is 53.2 Å². The third-order valence-corrected chi connectivity index (χ3v) is 10.8. The van der Waals surface area contributed by atoms with E-state index in [0.29, 0.717) is 5.56 Å². The molecule has 3 aliphatic rings. The average Bonchev–Trinajstić information content (AvgIpc) is 3.23. The maximum atomic E-state index is 13.9. The van der Waals surface area contributed by atoms with Crippen molar-refractivity contribution in [1.82, 2.24) is 10.6 Å². The van der Waals surface area contributed by atoms with E-state index in [1.54, 1.807) is 0 Å². The first kappa shape index (κ1) is 44.9. The standard InChI is InChI=1S/C41H42N2O19/c1-17-33(48)23(43-39(55)59-16-18-6-8-19(9-7-18)61-40(56)42-22(38(53)54)10-11-27(46)47)12-28(60-17)62-25-14-41(57,26(45)15-44)13-21-30(25)37(52)32-31(35(21)50)34(49)20-4-3-5-24(58-2)29(20)36(32)51/h3-9,17,22-23,25,28,33,44,48,50,52,57H,10-16H2,1-2H3,(H,42,56)(H,43,55)(H,46,47)(H,53,54)/t17?,22?,23?,25-,28?,33?,41-/m0/s1. The molecular weight excluding hydrogens is 824 g/mol. The Balaban J connectivity index is 1.16. The van der Waals surface area contributed by atoms with E-state index >= 15 is 0 Å². The Morgan fingerprint density at radius 1 is 0.952 bits per heavy atom. The first-order chi connectivity index (χ1) is 29.4. The number of methoxy groups -OCH3 is 1. The van der Waals surface area contributed by atoms with Crippen molar-refractivity contribution < 1.29 is 93.0 Å². The molecule has 0 spiro atoms. The van der Waals surface area contributed by atoms with Gasteiger partial charge < -0.3 is 70.1 Å². The van der Waals surface area contributed by atoms with E-state index in [4.69, 9.17) is 28.8 Å². The summed E-state index contributed by atoms with van der Waals surface area (Å²) in [5, 5.41) is 78.2. The zero-order valence-electron chi connectivity index (χ0n) is 33.0. The van der Waals surface area contributed by atoms with Crippen LogP contribution in [0.25, 0.3) is 0 Å². The quantitative estimate of drug-likeness (QED) is 0.0808. The number of aliphatic carboxylic acids is 2. The van der Waals surface area contributed by atoms with Gasteiger partial charge in [0.25, 0.3) is 0 Å². The Bertz CT molecular complexity index is 2310. The number of aromatic hydroxyl groups is 2. The molecule has 0 bridgehead atoms. The van der Waals surface area contributed by atoms with Gasteiger partial charge in [-0.2, -0.15) is 0 Å². The summed E-state index contributed by atoms with van der Waals surface area (Å²) >= 11 is 0. The first-order valence-electron chi connectivity index (χ1n) is 19.0. The van der Waals surface area contributed by atoms with Crippen LogP contribution in [0, 0.1) is 0 Å². The number of fused-ring (bicyclic) bond motifs is 3. The number of rotatable bonds is 14. The lowest BCUT2D eigenvalue weighted by atomic mass is 9.72. The molecule has 2 amide bonds. The van der Waals surface area contributed by atoms with Gasteiger partial charge in [0, 0.05) is 42.4 Å². The molecule has 0 aromatic heterocycles. The number of carboxylic acids is 2. The average molecular weight is 867 g/mol. The van der Waals surface area contributed by atoms with Gasteiger partial charge in [-0.05, 0) is 37.1 Å². The largest absolute Gasteiger partial charge is 0.507 e. The smallest absolute Gasteiger partial charge is 0.413 e. The zero-order valence-corrected chi connectivity index (χ0v) is 33.0. The highest BCUT2D eigenvalue weighted by atomic mass is 16.7. The second-order valence-corrected chi connectivity index (χ2v) is 14.8. The van der Waals surface area contributed by atoms with Gasteiger partial charge in [-0.25, -0.2) is 14.4 Å². The van der Waals surface area contributed by atoms with Gasteiger partial charge in [-0.1, -0.05) is 24.3 Å². The molecule has 2 aliphatic carbocycles. The van der Waals surface area contributed by atoms with Crippen molar-refractivity contribution in [3.05, 3.63) is 81.4 Å². The van der Waals surface area contributed by atoms with Gasteiger partial charge in [-0.3, -0.25) is 19.2 Å². The number of phenols is 2. The third-order valence-electron chi connectivity index (χ3n) is 10.8. The molecule has 21 heteroatoms. The number of carbonyl (C=O) groups is 7. The predicted octanol–water partition coefficient (Wildman–Crippen LogP) is 1.38. The summed E-state index contributed by atoms with van der Waals surface area (Å²) in [6.07, 6.45) is -9.89. The van der Waals surface area contributed by atoms with Crippen LogP contribution in [0.5, 0.6) is 23.0 Å². The highest BCUT2D eigenvalue weighted by Crippen LogP contribution is 2.52. The van der Waals surface area contributed by atoms with Gasteiger partial charge in [0.1, 0.15) is 54.0 Å². The molecule has 62 heavy (non-hydrogen) atoms. The molecule has 1 aliphatic heterocycles. The lowest BCUT2D eigenvalue weighted by Gasteiger charge is -2.42. The molecule has 6 rings (SSSR count). The third kappa shape index (κ3) is 9.02. The zero-order chi connectivity index (χ0) is 45.2. The van der Waals surface area contributed by atoms with Gasteiger partial charge in [-0.15, -0.1) is 0 Å². The fraction of sp³-hybridized carbons (Fsp3) is 0.390. The van der Waals surface area contributed by atoms with Crippen molar-refractivity contribution in [2.24, 2.45) is 0 Å². The molecule has 3 aromatic rings. The number of phenolic OH excluding ortho intramolecular Hbond substituents is 2.